The average molecular weight is 421 g/mol. The van der Waals surface area contributed by atoms with Crippen molar-refractivity contribution in [2.24, 2.45) is 17.3 Å². The largest absolute Gasteiger partial charge is 0.457 e. The van der Waals surface area contributed by atoms with Gasteiger partial charge in [-0.15, -0.1) is 0 Å². The normalized spacial score (nSPS) is 33.9. The Morgan fingerprint density at radius 1 is 1.06 bits per heavy atom. The molecule has 2 aliphatic carbocycles. The van der Waals surface area contributed by atoms with Crippen LogP contribution < -0.4 is 0 Å². The van der Waals surface area contributed by atoms with Gasteiger partial charge in [0.1, 0.15) is 6.10 Å². The molecule has 2 aliphatic heterocycles. The lowest BCUT2D eigenvalue weighted by molar-refractivity contribution is -0.144. The Hall–Kier alpha value is -2.24. The van der Waals surface area contributed by atoms with Gasteiger partial charge < -0.3 is 4.74 Å². The summed E-state index contributed by atoms with van der Waals surface area (Å²) in [6, 6.07) is 10.6. The van der Waals surface area contributed by atoms with Gasteiger partial charge in [-0.3, -0.25) is 19.4 Å². The van der Waals surface area contributed by atoms with Crippen LogP contribution in [0.2, 0.25) is 0 Å². The van der Waals surface area contributed by atoms with Crippen molar-refractivity contribution >= 4 is 11.8 Å². The van der Waals surface area contributed by atoms with Crippen molar-refractivity contribution in [1.82, 2.24) is 9.80 Å². The highest BCUT2D eigenvalue weighted by atomic mass is 16.6. The number of nitrogens with zero attached hydrogens (tertiary/aromatic N) is 2. The molecule has 31 heavy (non-hydrogen) atoms. The second kappa shape index (κ2) is 8.03. The lowest BCUT2D eigenvalue weighted by Gasteiger charge is -2.43. The number of hydrogen-bond donors (Lipinski definition) is 0. The summed E-state index contributed by atoms with van der Waals surface area (Å²) in [5.41, 5.74) is 3.03. The number of carbonyl (C=O) groups is 2. The first kappa shape index (κ1) is 20.7. The molecule has 4 atom stereocenters. The summed E-state index contributed by atoms with van der Waals surface area (Å²) in [6.07, 6.45) is 5.44. The lowest BCUT2D eigenvalue weighted by Crippen LogP contribution is -2.49. The zero-order valence-electron chi connectivity index (χ0n) is 18.5. The minimum absolute atomic E-state index is 0.0576. The molecule has 2 heterocycles. The van der Waals surface area contributed by atoms with Crippen LogP contribution in [0.25, 0.3) is 0 Å². The van der Waals surface area contributed by atoms with Crippen LogP contribution in [0.4, 0.5) is 0 Å². The molecule has 3 fully saturated rings. The minimum atomic E-state index is -0.232. The van der Waals surface area contributed by atoms with Crippen LogP contribution in [0.3, 0.4) is 0 Å². The molecule has 5 rings (SSSR count). The minimum Gasteiger partial charge on any atom is -0.457 e. The van der Waals surface area contributed by atoms with Gasteiger partial charge in [-0.05, 0) is 37.0 Å². The highest BCUT2D eigenvalue weighted by Crippen LogP contribution is 2.53. The van der Waals surface area contributed by atoms with Gasteiger partial charge in [0, 0.05) is 56.2 Å². The van der Waals surface area contributed by atoms with Crippen LogP contribution in [0.1, 0.15) is 32.3 Å². The molecule has 0 unspecified atom stereocenters. The molecule has 2 saturated heterocycles. The number of esters is 1. The number of hydrogen-bond acceptors (Lipinski definition) is 5. The molecular formula is C26H32N2O3. The lowest BCUT2D eigenvalue weighted by atomic mass is 9.61. The van der Waals surface area contributed by atoms with Gasteiger partial charge in [0.15, 0.2) is 5.78 Å². The number of fused-ring (bicyclic) bond motifs is 3. The molecule has 1 saturated carbocycles. The first-order chi connectivity index (χ1) is 14.9. The molecule has 0 aromatic heterocycles. The Morgan fingerprint density at radius 2 is 1.77 bits per heavy atom. The molecular weight excluding hydrogens is 388 g/mol. The Bertz CT molecular complexity index is 929. The summed E-state index contributed by atoms with van der Waals surface area (Å²) >= 11 is 0. The van der Waals surface area contributed by atoms with Crippen LogP contribution >= 0.6 is 0 Å². The van der Waals surface area contributed by atoms with Crippen molar-refractivity contribution in [3.05, 3.63) is 59.2 Å². The van der Waals surface area contributed by atoms with Crippen LogP contribution in [0.15, 0.2) is 53.6 Å². The van der Waals surface area contributed by atoms with E-state index in [0.717, 1.165) is 63.3 Å². The van der Waals surface area contributed by atoms with E-state index >= 15 is 0 Å². The molecule has 0 bridgehead atoms. The number of rotatable bonds is 4. The molecule has 0 spiro atoms. The fraction of sp³-hybridized carbons (Fsp3) is 0.538. The van der Waals surface area contributed by atoms with E-state index in [2.05, 4.69) is 47.1 Å². The standard InChI is InChI=1S/C26H32N2O3/c1-18-22(29)9-11-26(2)10-8-20-21(25(30)31-24(20)23(18)26)17-28-14-12-27(13-15-28)16-19-6-4-3-5-7-19/h3-7,9,11,20-21,24H,8,10,12-17H2,1-2H3/t20-,21-,24-,26-/m0/s1. The van der Waals surface area contributed by atoms with Crippen molar-refractivity contribution in [3.8, 4) is 0 Å². The second-order valence-electron chi connectivity index (χ2n) is 9.88. The summed E-state index contributed by atoms with van der Waals surface area (Å²) in [4.78, 5) is 30.1. The molecule has 4 aliphatic rings. The summed E-state index contributed by atoms with van der Waals surface area (Å²) in [6.45, 7) is 9.83. The number of allylic oxidation sites excluding steroid dienone is 3. The van der Waals surface area contributed by atoms with Gasteiger partial charge in [0.25, 0.3) is 0 Å². The summed E-state index contributed by atoms with van der Waals surface area (Å²) in [5, 5.41) is 0. The first-order valence-electron chi connectivity index (χ1n) is 11.6. The van der Waals surface area contributed by atoms with Gasteiger partial charge in [0.2, 0.25) is 0 Å². The van der Waals surface area contributed by atoms with Gasteiger partial charge in [-0.2, -0.15) is 0 Å². The van der Waals surface area contributed by atoms with Crippen molar-refractivity contribution in [1.29, 1.82) is 0 Å². The maximum atomic E-state index is 12.9. The van der Waals surface area contributed by atoms with Crippen LogP contribution in [0.5, 0.6) is 0 Å². The zero-order chi connectivity index (χ0) is 21.6. The summed E-state index contributed by atoms with van der Waals surface area (Å²) in [5.74, 6) is 0.0825. The summed E-state index contributed by atoms with van der Waals surface area (Å²) in [7, 11) is 0. The summed E-state index contributed by atoms with van der Waals surface area (Å²) < 4.78 is 5.95. The second-order valence-corrected chi connectivity index (χ2v) is 9.88. The van der Waals surface area contributed by atoms with E-state index in [1.807, 2.05) is 13.0 Å². The Morgan fingerprint density at radius 3 is 2.52 bits per heavy atom. The third kappa shape index (κ3) is 3.79. The predicted octanol–water partition coefficient (Wildman–Crippen LogP) is 3.22. The number of ether oxygens (including phenoxy) is 1. The van der Waals surface area contributed by atoms with Gasteiger partial charge in [-0.1, -0.05) is 43.3 Å². The highest BCUT2D eigenvalue weighted by molar-refractivity contribution is 6.05. The van der Waals surface area contributed by atoms with E-state index in [9.17, 15) is 9.59 Å². The topological polar surface area (TPSA) is 49.9 Å². The molecule has 1 aromatic rings. The maximum absolute atomic E-state index is 12.9. The van der Waals surface area contributed by atoms with Gasteiger partial charge in [0.05, 0.1) is 5.92 Å². The predicted molar refractivity (Wildman–Crippen MR) is 119 cm³/mol. The van der Waals surface area contributed by atoms with E-state index in [1.165, 1.54) is 5.56 Å². The molecule has 1 aromatic carbocycles. The smallest absolute Gasteiger partial charge is 0.311 e. The SMILES string of the molecule is CC1=C2[C@H]3OC(=O)[C@@H](CN4CCN(Cc5ccccc5)CC4)[C@@H]3CC[C@@]2(C)C=CC1=O. The molecule has 0 amide bonds. The average Bonchev–Trinajstić information content (AvgIpc) is 3.08. The number of carbonyl (C=O) groups excluding carboxylic acids is 2. The quantitative estimate of drug-likeness (QED) is 0.700. The van der Waals surface area contributed by atoms with E-state index < -0.39 is 0 Å². The fourth-order valence-electron chi connectivity index (χ4n) is 6.03. The maximum Gasteiger partial charge on any atom is 0.311 e. The fourth-order valence-corrected chi connectivity index (χ4v) is 6.03. The van der Waals surface area contributed by atoms with Crippen LogP contribution in [0, 0.1) is 17.3 Å². The van der Waals surface area contributed by atoms with E-state index in [4.69, 9.17) is 4.74 Å². The molecule has 0 N–H and O–H groups in total. The highest BCUT2D eigenvalue weighted by Gasteiger charge is 2.54. The van der Waals surface area contributed by atoms with Gasteiger partial charge >= 0.3 is 5.97 Å². The third-order valence-electron chi connectivity index (χ3n) is 7.89. The van der Waals surface area contributed by atoms with Crippen molar-refractivity contribution in [3.63, 3.8) is 0 Å². The first-order valence-corrected chi connectivity index (χ1v) is 11.6. The van der Waals surface area contributed by atoms with Crippen LogP contribution in [-0.4, -0.2) is 60.4 Å². The third-order valence-corrected chi connectivity index (χ3v) is 7.89. The molecule has 164 valence electrons. The monoisotopic (exact) mass is 420 g/mol. The number of ketones is 1. The van der Waals surface area contributed by atoms with Crippen molar-refractivity contribution < 1.29 is 14.3 Å². The van der Waals surface area contributed by atoms with E-state index in [-0.39, 0.29) is 35.1 Å². The van der Waals surface area contributed by atoms with E-state index in [0.29, 0.717) is 0 Å². The number of piperazine rings is 1. The van der Waals surface area contributed by atoms with Crippen molar-refractivity contribution in [2.75, 3.05) is 32.7 Å². The Balaban J connectivity index is 1.23. The van der Waals surface area contributed by atoms with Gasteiger partial charge in [-0.25, -0.2) is 0 Å². The van der Waals surface area contributed by atoms with Crippen LogP contribution in [-0.2, 0) is 20.9 Å². The zero-order valence-corrected chi connectivity index (χ0v) is 18.5. The molecule has 5 heteroatoms. The Kier molecular flexibility index (Phi) is 5.35. The molecule has 5 nitrogen and oxygen atoms in total. The Labute approximate surface area is 184 Å². The number of benzene rings is 1. The van der Waals surface area contributed by atoms with Crippen molar-refractivity contribution in [2.45, 2.75) is 39.3 Å². The molecule has 0 radical (unpaired) electrons. The van der Waals surface area contributed by atoms with E-state index in [1.54, 1.807) is 6.08 Å².